The lowest BCUT2D eigenvalue weighted by Crippen LogP contribution is -2.48. The molecular formula is C22H26ClN3O3. The average molecular weight is 416 g/mol. The second kappa shape index (κ2) is 10.3. The fourth-order valence-corrected chi connectivity index (χ4v) is 3.30. The lowest BCUT2D eigenvalue weighted by Gasteiger charge is -2.38. The molecule has 1 fully saturated rings. The van der Waals surface area contributed by atoms with Crippen LogP contribution in [0, 0.1) is 11.3 Å². The summed E-state index contributed by atoms with van der Waals surface area (Å²) in [7, 11) is 0. The van der Waals surface area contributed by atoms with Crippen LogP contribution in [0.15, 0.2) is 48.5 Å². The van der Waals surface area contributed by atoms with Gasteiger partial charge in [-0.25, -0.2) is 0 Å². The molecule has 1 amide bonds. The molecule has 3 N–H and O–H groups in total. The molecule has 6 nitrogen and oxygen atoms in total. The molecule has 0 saturated carbocycles. The van der Waals surface area contributed by atoms with Crippen LogP contribution in [-0.2, 0) is 6.42 Å². The second-order valence-corrected chi connectivity index (χ2v) is 7.30. The highest BCUT2D eigenvalue weighted by Gasteiger charge is 2.33. The summed E-state index contributed by atoms with van der Waals surface area (Å²) in [5.74, 6) is 0.139. The predicted molar refractivity (Wildman–Crippen MR) is 113 cm³/mol. The largest absolute Gasteiger partial charge is 0.491 e. The standard InChI is InChI=1S/C22H25N3O3.ClH/c23-15-18-3-1-17(2-4-18)9-12-25-13-10-22(27,11-14-25)16-28-20-7-5-19(6-8-20)21(24)26;/h1-8,27H,9-14,16H2,(H2,24,26);1H. The molecule has 0 spiro atoms. The van der Waals surface area contributed by atoms with Crippen molar-refractivity contribution < 1.29 is 14.6 Å². The maximum absolute atomic E-state index is 11.1. The lowest BCUT2D eigenvalue weighted by atomic mass is 9.92. The normalized spacial score (nSPS) is 15.7. The molecular weight excluding hydrogens is 390 g/mol. The van der Waals surface area contributed by atoms with Gasteiger partial charge in [0.05, 0.1) is 11.6 Å². The zero-order valence-electron chi connectivity index (χ0n) is 16.2. The Balaban J connectivity index is 0.00000300. The number of piperidine rings is 1. The van der Waals surface area contributed by atoms with Gasteiger partial charge in [0.25, 0.3) is 0 Å². The van der Waals surface area contributed by atoms with E-state index >= 15 is 0 Å². The highest BCUT2D eigenvalue weighted by Crippen LogP contribution is 2.24. The summed E-state index contributed by atoms with van der Waals surface area (Å²) in [5.41, 5.74) is 6.71. The molecule has 0 bridgehead atoms. The van der Waals surface area contributed by atoms with Gasteiger partial charge >= 0.3 is 0 Å². The fraction of sp³-hybridized carbons (Fsp3) is 0.364. The number of nitriles is 1. The monoisotopic (exact) mass is 415 g/mol. The Hall–Kier alpha value is -2.59. The molecule has 2 aromatic carbocycles. The summed E-state index contributed by atoms with van der Waals surface area (Å²) in [4.78, 5) is 13.4. The van der Waals surface area contributed by atoms with E-state index in [1.165, 1.54) is 5.56 Å². The third-order valence-corrected chi connectivity index (χ3v) is 5.23. The molecule has 1 aliphatic heterocycles. The molecule has 29 heavy (non-hydrogen) atoms. The number of halogens is 1. The molecule has 0 radical (unpaired) electrons. The minimum absolute atomic E-state index is 0. The van der Waals surface area contributed by atoms with Crippen molar-refractivity contribution in [3.8, 4) is 11.8 Å². The summed E-state index contributed by atoms with van der Waals surface area (Å²) >= 11 is 0. The molecule has 1 saturated heterocycles. The number of hydrogen-bond donors (Lipinski definition) is 2. The van der Waals surface area contributed by atoms with Gasteiger partial charge in [-0.1, -0.05) is 12.1 Å². The van der Waals surface area contributed by atoms with E-state index in [1.807, 2.05) is 24.3 Å². The maximum atomic E-state index is 11.1. The van der Waals surface area contributed by atoms with Gasteiger partial charge in [-0.15, -0.1) is 12.4 Å². The Bertz CT molecular complexity index is 839. The van der Waals surface area contributed by atoms with E-state index < -0.39 is 11.5 Å². The molecule has 1 heterocycles. The molecule has 0 atom stereocenters. The van der Waals surface area contributed by atoms with Gasteiger partial charge in [-0.2, -0.15) is 5.26 Å². The van der Waals surface area contributed by atoms with Gasteiger partial charge in [0.15, 0.2) is 0 Å². The first kappa shape index (κ1) is 22.7. The average Bonchev–Trinajstić information content (AvgIpc) is 2.73. The molecule has 2 aromatic rings. The van der Waals surface area contributed by atoms with Crippen LogP contribution < -0.4 is 10.5 Å². The van der Waals surface area contributed by atoms with Crippen LogP contribution in [0.1, 0.15) is 34.3 Å². The summed E-state index contributed by atoms with van der Waals surface area (Å²) in [6.07, 6.45) is 2.23. The molecule has 154 valence electrons. The van der Waals surface area contributed by atoms with Crippen LogP contribution >= 0.6 is 12.4 Å². The van der Waals surface area contributed by atoms with Crippen molar-refractivity contribution in [2.45, 2.75) is 24.9 Å². The Morgan fingerprint density at radius 1 is 1.14 bits per heavy atom. The van der Waals surface area contributed by atoms with Gasteiger partial charge in [0.2, 0.25) is 5.91 Å². The van der Waals surface area contributed by atoms with Crippen molar-refractivity contribution in [2.75, 3.05) is 26.2 Å². The van der Waals surface area contributed by atoms with Crippen molar-refractivity contribution >= 4 is 18.3 Å². The van der Waals surface area contributed by atoms with Crippen molar-refractivity contribution in [1.29, 1.82) is 5.26 Å². The molecule has 3 rings (SSSR count). The van der Waals surface area contributed by atoms with E-state index in [0.29, 0.717) is 29.7 Å². The highest BCUT2D eigenvalue weighted by molar-refractivity contribution is 5.92. The Kier molecular flexibility index (Phi) is 8.03. The van der Waals surface area contributed by atoms with E-state index in [4.69, 9.17) is 15.7 Å². The van der Waals surface area contributed by atoms with E-state index in [9.17, 15) is 9.90 Å². The number of nitrogens with zero attached hydrogens (tertiary/aromatic N) is 2. The maximum Gasteiger partial charge on any atom is 0.248 e. The van der Waals surface area contributed by atoms with E-state index in [2.05, 4.69) is 11.0 Å². The molecule has 0 unspecified atom stereocenters. The van der Waals surface area contributed by atoms with Gasteiger partial charge in [-0.3, -0.25) is 4.79 Å². The lowest BCUT2D eigenvalue weighted by molar-refractivity contribution is -0.0521. The third-order valence-electron chi connectivity index (χ3n) is 5.23. The number of nitrogens with two attached hydrogens (primary N) is 1. The van der Waals surface area contributed by atoms with Crippen molar-refractivity contribution in [2.24, 2.45) is 5.73 Å². The van der Waals surface area contributed by atoms with Crippen LogP contribution in [0.4, 0.5) is 0 Å². The third kappa shape index (κ3) is 6.47. The number of primary amides is 1. The number of benzene rings is 2. The quantitative estimate of drug-likeness (QED) is 0.723. The first-order chi connectivity index (χ1) is 13.5. The summed E-state index contributed by atoms with van der Waals surface area (Å²) in [6, 6.07) is 16.4. The summed E-state index contributed by atoms with van der Waals surface area (Å²) in [6.45, 7) is 2.79. The van der Waals surface area contributed by atoms with Crippen molar-refractivity contribution in [3.05, 3.63) is 65.2 Å². The summed E-state index contributed by atoms with van der Waals surface area (Å²) in [5, 5.41) is 19.6. The van der Waals surface area contributed by atoms with Gasteiger partial charge in [-0.05, 0) is 61.2 Å². The molecule has 1 aliphatic rings. The van der Waals surface area contributed by atoms with Gasteiger partial charge in [0.1, 0.15) is 18.0 Å². The number of aliphatic hydroxyl groups is 1. The molecule has 7 heteroatoms. The first-order valence-electron chi connectivity index (χ1n) is 9.44. The zero-order chi connectivity index (χ0) is 20.0. The topological polar surface area (TPSA) is 99.6 Å². The number of likely N-dealkylation sites (tertiary alicyclic amines) is 1. The predicted octanol–water partition coefficient (Wildman–Crippen LogP) is 2.53. The minimum atomic E-state index is -0.840. The minimum Gasteiger partial charge on any atom is -0.491 e. The molecule has 0 aromatic heterocycles. The Labute approximate surface area is 177 Å². The van der Waals surface area contributed by atoms with Crippen LogP contribution in [0.5, 0.6) is 5.75 Å². The molecule has 0 aliphatic carbocycles. The number of carbonyl (C=O) groups excluding carboxylic acids is 1. The van der Waals surface area contributed by atoms with E-state index in [0.717, 1.165) is 26.1 Å². The van der Waals surface area contributed by atoms with Crippen molar-refractivity contribution in [1.82, 2.24) is 4.90 Å². The van der Waals surface area contributed by atoms with E-state index in [-0.39, 0.29) is 19.0 Å². The van der Waals surface area contributed by atoms with Crippen molar-refractivity contribution in [3.63, 3.8) is 0 Å². The zero-order valence-corrected chi connectivity index (χ0v) is 17.0. The van der Waals surface area contributed by atoms with Crippen LogP contribution in [0.25, 0.3) is 0 Å². The Morgan fingerprint density at radius 3 is 2.31 bits per heavy atom. The number of carbonyl (C=O) groups is 1. The highest BCUT2D eigenvalue weighted by atomic mass is 35.5. The van der Waals surface area contributed by atoms with Crippen LogP contribution in [0.2, 0.25) is 0 Å². The Morgan fingerprint density at radius 2 is 1.76 bits per heavy atom. The second-order valence-electron chi connectivity index (χ2n) is 7.30. The van der Waals surface area contributed by atoms with Crippen LogP contribution in [-0.4, -0.2) is 47.8 Å². The fourth-order valence-electron chi connectivity index (χ4n) is 3.30. The number of ether oxygens (including phenoxy) is 1. The SMILES string of the molecule is Cl.N#Cc1ccc(CCN2CCC(O)(COc3ccc(C(N)=O)cc3)CC2)cc1. The first-order valence-corrected chi connectivity index (χ1v) is 9.44. The van der Waals surface area contributed by atoms with Gasteiger partial charge < -0.3 is 20.5 Å². The number of rotatable bonds is 7. The van der Waals surface area contributed by atoms with Crippen LogP contribution in [0.3, 0.4) is 0 Å². The smallest absolute Gasteiger partial charge is 0.248 e. The number of amides is 1. The number of hydrogen-bond acceptors (Lipinski definition) is 5. The summed E-state index contributed by atoms with van der Waals surface area (Å²) < 4.78 is 5.72. The van der Waals surface area contributed by atoms with E-state index in [1.54, 1.807) is 24.3 Å². The van der Waals surface area contributed by atoms with Gasteiger partial charge in [0, 0.05) is 25.2 Å².